The van der Waals surface area contributed by atoms with Crippen LogP contribution in [0.1, 0.15) is 20.8 Å². The molecular weight excluding hydrogens is 245 g/mol. The fourth-order valence-corrected chi connectivity index (χ4v) is 1.42. The molecule has 19 heavy (non-hydrogen) atoms. The maximum absolute atomic E-state index is 13.3. The SMILES string of the molecule is CC(C)C(C)(C#N)NC(=O)CNc1ccccc1F. The Morgan fingerprint density at radius 1 is 1.47 bits per heavy atom. The summed E-state index contributed by atoms with van der Waals surface area (Å²) in [6.07, 6.45) is 0. The molecule has 0 aliphatic carbocycles. The number of nitrogens with zero attached hydrogens (tertiary/aromatic N) is 1. The molecule has 102 valence electrons. The van der Waals surface area contributed by atoms with Crippen molar-refractivity contribution in [2.75, 3.05) is 11.9 Å². The molecule has 1 aromatic carbocycles. The molecule has 1 atom stereocenters. The summed E-state index contributed by atoms with van der Waals surface area (Å²) < 4.78 is 13.3. The Morgan fingerprint density at radius 3 is 2.63 bits per heavy atom. The molecule has 4 nitrogen and oxygen atoms in total. The number of para-hydroxylation sites is 1. The zero-order valence-corrected chi connectivity index (χ0v) is 11.3. The number of anilines is 1. The number of nitriles is 1. The van der Waals surface area contributed by atoms with Crippen LogP contribution >= 0.6 is 0 Å². The van der Waals surface area contributed by atoms with Gasteiger partial charge in [-0.15, -0.1) is 0 Å². The summed E-state index contributed by atoms with van der Waals surface area (Å²) in [7, 11) is 0. The van der Waals surface area contributed by atoms with Crippen molar-refractivity contribution in [1.82, 2.24) is 5.32 Å². The Hall–Kier alpha value is -2.09. The molecule has 1 aromatic rings. The van der Waals surface area contributed by atoms with Crippen LogP contribution in [0.4, 0.5) is 10.1 Å². The van der Waals surface area contributed by atoms with E-state index in [-0.39, 0.29) is 24.1 Å². The molecule has 5 heteroatoms. The summed E-state index contributed by atoms with van der Waals surface area (Å²) in [4.78, 5) is 11.8. The van der Waals surface area contributed by atoms with Gasteiger partial charge in [-0.1, -0.05) is 26.0 Å². The molecule has 0 heterocycles. The number of nitrogens with one attached hydrogen (secondary N) is 2. The van der Waals surface area contributed by atoms with Crippen molar-refractivity contribution in [2.24, 2.45) is 5.92 Å². The quantitative estimate of drug-likeness (QED) is 0.856. The molecular formula is C14H18FN3O. The predicted molar refractivity (Wildman–Crippen MR) is 71.9 cm³/mol. The minimum atomic E-state index is -0.923. The fourth-order valence-electron chi connectivity index (χ4n) is 1.42. The molecule has 0 bridgehead atoms. The lowest BCUT2D eigenvalue weighted by Crippen LogP contribution is -2.50. The normalized spacial score (nSPS) is 13.5. The zero-order valence-electron chi connectivity index (χ0n) is 11.3. The van der Waals surface area contributed by atoms with Crippen LogP contribution in [-0.2, 0) is 4.79 Å². The number of amides is 1. The van der Waals surface area contributed by atoms with Crippen LogP contribution in [0.5, 0.6) is 0 Å². The first-order valence-corrected chi connectivity index (χ1v) is 6.09. The van der Waals surface area contributed by atoms with Gasteiger partial charge < -0.3 is 10.6 Å². The van der Waals surface area contributed by atoms with Gasteiger partial charge in [-0.2, -0.15) is 5.26 Å². The summed E-state index contributed by atoms with van der Waals surface area (Å²) in [5, 5.41) is 14.4. The summed E-state index contributed by atoms with van der Waals surface area (Å²) in [5.74, 6) is -0.780. The number of rotatable bonds is 5. The molecule has 0 saturated heterocycles. The van der Waals surface area contributed by atoms with Crippen molar-refractivity contribution in [3.05, 3.63) is 30.1 Å². The highest BCUT2D eigenvalue weighted by Gasteiger charge is 2.29. The first kappa shape index (κ1) is 15.0. The second kappa shape index (κ2) is 6.19. The lowest BCUT2D eigenvalue weighted by molar-refractivity contribution is -0.121. The van der Waals surface area contributed by atoms with E-state index in [1.54, 1.807) is 25.1 Å². The second-order valence-electron chi connectivity index (χ2n) is 4.85. The van der Waals surface area contributed by atoms with E-state index in [0.29, 0.717) is 0 Å². The fraction of sp³-hybridized carbons (Fsp3) is 0.429. The van der Waals surface area contributed by atoms with Gasteiger partial charge in [0, 0.05) is 0 Å². The van der Waals surface area contributed by atoms with Crippen LogP contribution in [-0.4, -0.2) is 18.0 Å². The third kappa shape index (κ3) is 3.95. The van der Waals surface area contributed by atoms with E-state index in [1.165, 1.54) is 6.07 Å². The first-order chi connectivity index (χ1) is 8.89. The Bertz CT molecular complexity index is 496. The van der Waals surface area contributed by atoms with Gasteiger partial charge in [-0.25, -0.2) is 4.39 Å². The van der Waals surface area contributed by atoms with Crippen molar-refractivity contribution in [3.63, 3.8) is 0 Å². The number of hydrogen-bond donors (Lipinski definition) is 2. The number of carbonyl (C=O) groups excluding carboxylic acids is 1. The third-order valence-corrected chi connectivity index (χ3v) is 3.10. The van der Waals surface area contributed by atoms with Crippen LogP contribution < -0.4 is 10.6 Å². The Labute approximate surface area is 112 Å². The van der Waals surface area contributed by atoms with Gasteiger partial charge in [0.1, 0.15) is 11.4 Å². The van der Waals surface area contributed by atoms with Gasteiger partial charge >= 0.3 is 0 Å². The largest absolute Gasteiger partial charge is 0.374 e. The zero-order chi connectivity index (χ0) is 14.5. The Morgan fingerprint density at radius 2 is 2.11 bits per heavy atom. The van der Waals surface area contributed by atoms with Gasteiger partial charge in [0.25, 0.3) is 0 Å². The highest BCUT2D eigenvalue weighted by atomic mass is 19.1. The lowest BCUT2D eigenvalue weighted by Gasteiger charge is -2.27. The summed E-state index contributed by atoms with van der Waals surface area (Å²) in [5.41, 5.74) is -0.658. The molecule has 2 N–H and O–H groups in total. The number of halogens is 1. The average molecular weight is 263 g/mol. The lowest BCUT2D eigenvalue weighted by atomic mass is 9.90. The van der Waals surface area contributed by atoms with E-state index in [2.05, 4.69) is 16.7 Å². The van der Waals surface area contributed by atoms with E-state index < -0.39 is 11.4 Å². The van der Waals surface area contributed by atoms with Crippen LogP contribution in [0.3, 0.4) is 0 Å². The topological polar surface area (TPSA) is 64.9 Å². The maximum atomic E-state index is 13.3. The standard InChI is InChI=1S/C14H18FN3O/c1-10(2)14(3,9-16)18-13(19)8-17-12-7-5-4-6-11(12)15/h4-7,10,17H,8H2,1-3H3,(H,18,19). The predicted octanol–water partition coefficient (Wildman–Crippen LogP) is 2.29. The van der Waals surface area contributed by atoms with E-state index >= 15 is 0 Å². The van der Waals surface area contributed by atoms with E-state index in [0.717, 1.165) is 0 Å². The second-order valence-corrected chi connectivity index (χ2v) is 4.85. The van der Waals surface area contributed by atoms with Gasteiger partial charge in [0.15, 0.2) is 0 Å². The molecule has 0 aliphatic rings. The molecule has 0 radical (unpaired) electrons. The summed E-state index contributed by atoms with van der Waals surface area (Å²) >= 11 is 0. The molecule has 0 fully saturated rings. The molecule has 0 spiro atoms. The molecule has 0 aliphatic heterocycles. The Balaban J connectivity index is 2.58. The minimum absolute atomic E-state index is 0.0186. The highest BCUT2D eigenvalue weighted by Crippen LogP contribution is 2.15. The Kier molecular flexibility index (Phi) is 4.87. The minimum Gasteiger partial charge on any atom is -0.374 e. The van der Waals surface area contributed by atoms with Crippen molar-refractivity contribution in [3.8, 4) is 6.07 Å². The smallest absolute Gasteiger partial charge is 0.240 e. The summed E-state index contributed by atoms with van der Waals surface area (Å²) in [6, 6.07) is 8.20. The van der Waals surface area contributed by atoms with Crippen LogP contribution in [0.2, 0.25) is 0 Å². The summed E-state index contributed by atoms with van der Waals surface area (Å²) in [6.45, 7) is 5.30. The molecule has 1 unspecified atom stereocenters. The number of carbonyl (C=O) groups is 1. The van der Waals surface area contributed by atoms with Gasteiger partial charge in [-0.3, -0.25) is 4.79 Å². The van der Waals surface area contributed by atoms with Crippen molar-refractivity contribution in [1.29, 1.82) is 5.26 Å². The first-order valence-electron chi connectivity index (χ1n) is 6.09. The van der Waals surface area contributed by atoms with Crippen molar-refractivity contribution >= 4 is 11.6 Å². The van der Waals surface area contributed by atoms with Crippen molar-refractivity contribution in [2.45, 2.75) is 26.3 Å². The monoisotopic (exact) mass is 263 g/mol. The highest BCUT2D eigenvalue weighted by molar-refractivity contribution is 5.81. The molecule has 1 rings (SSSR count). The molecule has 0 saturated carbocycles. The van der Waals surface area contributed by atoms with Crippen LogP contribution in [0, 0.1) is 23.1 Å². The van der Waals surface area contributed by atoms with Crippen LogP contribution in [0.15, 0.2) is 24.3 Å². The van der Waals surface area contributed by atoms with Gasteiger partial charge in [0.2, 0.25) is 5.91 Å². The molecule has 1 amide bonds. The number of hydrogen-bond acceptors (Lipinski definition) is 3. The average Bonchev–Trinajstić information content (AvgIpc) is 2.37. The maximum Gasteiger partial charge on any atom is 0.240 e. The van der Waals surface area contributed by atoms with Crippen LogP contribution in [0.25, 0.3) is 0 Å². The van der Waals surface area contributed by atoms with E-state index in [1.807, 2.05) is 13.8 Å². The molecule has 0 aromatic heterocycles. The van der Waals surface area contributed by atoms with Crippen molar-refractivity contribution < 1.29 is 9.18 Å². The third-order valence-electron chi connectivity index (χ3n) is 3.10. The van der Waals surface area contributed by atoms with E-state index in [4.69, 9.17) is 5.26 Å². The van der Waals surface area contributed by atoms with Gasteiger partial charge in [-0.05, 0) is 25.0 Å². The van der Waals surface area contributed by atoms with Gasteiger partial charge in [0.05, 0.1) is 18.3 Å². The number of benzene rings is 1. The van der Waals surface area contributed by atoms with E-state index in [9.17, 15) is 9.18 Å².